The topological polar surface area (TPSA) is 91.5 Å². The number of hydrogen-bond acceptors (Lipinski definition) is 5. The number of amides is 1. The minimum Gasteiger partial charge on any atom is -0.462 e. The van der Waals surface area contributed by atoms with E-state index in [4.69, 9.17) is 4.74 Å². The standard InChI is InChI=1S/C18H29N3O4/c1-7-9-19-14(22)10-21(6)13(5)17(23)16-11(3)15(12(4)20-16)18(24)25-8-2/h13,20H,7-10H2,1-6H3,(H,19,22)/t13-/m1/s1. The number of aromatic amines is 1. The number of aromatic nitrogens is 1. The highest BCUT2D eigenvalue weighted by atomic mass is 16.5. The van der Waals surface area contributed by atoms with Crippen molar-refractivity contribution < 1.29 is 19.1 Å². The van der Waals surface area contributed by atoms with E-state index < -0.39 is 12.0 Å². The molecule has 1 rings (SSSR count). The van der Waals surface area contributed by atoms with E-state index in [1.54, 1.807) is 39.6 Å². The van der Waals surface area contributed by atoms with Crippen LogP contribution >= 0.6 is 0 Å². The smallest absolute Gasteiger partial charge is 0.340 e. The lowest BCUT2D eigenvalue weighted by molar-refractivity contribution is -0.122. The van der Waals surface area contributed by atoms with Gasteiger partial charge >= 0.3 is 5.97 Å². The van der Waals surface area contributed by atoms with Crippen LogP contribution in [0.1, 0.15) is 59.3 Å². The van der Waals surface area contributed by atoms with Crippen LogP contribution in [0.2, 0.25) is 0 Å². The van der Waals surface area contributed by atoms with Gasteiger partial charge in [0.2, 0.25) is 5.91 Å². The molecule has 7 heteroatoms. The van der Waals surface area contributed by atoms with E-state index in [9.17, 15) is 14.4 Å². The van der Waals surface area contributed by atoms with Gasteiger partial charge in [0.1, 0.15) is 0 Å². The predicted molar refractivity (Wildman–Crippen MR) is 95.9 cm³/mol. The lowest BCUT2D eigenvalue weighted by atomic mass is 10.0. The average Bonchev–Trinajstić information content (AvgIpc) is 2.86. The third-order valence-corrected chi connectivity index (χ3v) is 4.17. The Morgan fingerprint density at radius 3 is 2.44 bits per heavy atom. The summed E-state index contributed by atoms with van der Waals surface area (Å²) < 4.78 is 5.05. The number of ketones is 1. The fourth-order valence-corrected chi connectivity index (χ4v) is 2.60. The van der Waals surface area contributed by atoms with Gasteiger partial charge in [0.15, 0.2) is 5.78 Å². The fourth-order valence-electron chi connectivity index (χ4n) is 2.60. The Bertz CT molecular complexity index is 637. The maximum absolute atomic E-state index is 12.8. The number of H-pyrrole nitrogens is 1. The van der Waals surface area contributed by atoms with Gasteiger partial charge in [-0.25, -0.2) is 4.79 Å². The molecular formula is C18H29N3O4. The highest BCUT2D eigenvalue weighted by Gasteiger charge is 2.28. The first-order valence-corrected chi connectivity index (χ1v) is 8.61. The third kappa shape index (κ3) is 5.16. The Hall–Kier alpha value is -2.15. The Balaban J connectivity index is 2.90. The molecule has 0 fully saturated rings. The van der Waals surface area contributed by atoms with Crippen molar-refractivity contribution in [2.24, 2.45) is 0 Å². The molecule has 25 heavy (non-hydrogen) atoms. The molecule has 140 valence electrons. The molecule has 0 aromatic carbocycles. The molecule has 1 aromatic rings. The van der Waals surface area contributed by atoms with Crippen LogP contribution in [0.3, 0.4) is 0 Å². The first kappa shape index (κ1) is 20.9. The Morgan fingerprint density at radius 1 is 1.24 bits per heavy atom. The summed E-state index contributed by atoms with van der Waals surface area (Å²) in [5.74, 6) is -0.717. The SMILES string of the molecule is CCCNC(=O)CN(C)[C@H](C)C(=O)c1[nH]c(C)c(C(=O)OCC)c1C. The highest BCUT2D eigenvalue weighted by molar-refractivity contribution is 6.03. The first-order chi connectivity index (χ1) is 11.7. The number of rotatable bonds is 9. The van der Waals surface area contributed by atoms with Gasteiger partial charge in [-0.05, 0) is 46.7 Å². The molecule has 1 aromatic heterocycles. The van der Waals surface area contributed by atoms with Crippen molar-refractivity contribution in [1.82, 2.24) is 15.2 Å². The van der Waals surface area contributed by atoms with E-state index in [1.165, 1.54) is 0 Å². The Labute approximate surface area is 149 Å². The number of hydrogen-bond donors (Lipinski definition) is 2. The molecule has 0 unspecified atom stereocenters. The van der Waals surface area contributed by atoms with Gasteiger partial charge in [0, 0.05) is 12.2 Å². The van der Waals surface area contributed by atoms with Gasteiger partial charge in [-0.2, -0.15) is 0 Å². The van der Waals surface area contributed by atoms with Crippen molar-refractivity contribution in [1.29, 1.82) is 0 Å². The van der Waals surface area contributed by atoms with E-state index >= 15 is 0 Å². The summed E-state index contributed by atoms with van der Waals surface area (Å²) in [5, 5.41) is 2.79. The van der Waals surface area contributed by atoms with Crippen LogP contribution in [0.5, 0.6) is 0 Å². The van der Waals surface area contributed by atoms with Crippen molar-refractivity contribution in [2.45, 2.75) is 47.1 Å². The molecule has 1 heterocycles. The number of aryl methyl sites for hydroxylation is 1. The van der Waals surface area contributed by atoms with Crippen LogP contribution in [0.4, 0.5) is 0 Å². The van der Waals surface area contributed by atoms with E-state index in [0.717, 1.165) is 6.42 Å². The molecule has 0 aliphatic carbocycles. The molecule has 0 saturated carbocycles. The van der Waals surface area contributed by atoms with Crippen molar-refractivity contribution in [3.63, 3.8) is 0 Å². The largest absolute Gasteiger partial charge is 0.462 e. The number of carbonyl (C=O) groups is 3. The quantitative estimate of drug-likeness (QED) is 0.523. The number of esters is 1. The number of carbonyl (C=O) groups excluding carboxylic acids is 3. The molecule has 0 aliphatic rings. The van der Waals surface area contributed by atoms with Gasteiger partial charge in [-0.3, -0.25) is 14.5 Å². The second kappa shape index (κ2) is 9.36. The van der Waals surface area contributed by atoms with Crippen molar-refractivity contribution >= 4 is 17.7 Å². The summed E-state index contributed by atoms with van der Waals surface area (Å²) in [5.41, 5.74) is 1.97. The van der Waals surface area contributed by atoms with Gasteiger partial charge in [-0.15, -0.1) is 0 Å². The van der Waals surface area contributed by atoms with E-state index in [2.05, 4.69) is 10.3 Å². The van der Waals surface area contributed by atoms with Crippen LogP contribution < -0.4 is 5.32 Å². The lowest BCUT2D eigenvalue weighted by Gasteiger charge is -2.22. The molecule has 0 spiro atoms. The molecule has 0 aliphatic heterocycles. The molecule has 0 bridgehead atoms. The van der Waals surface area contributed by atoms with E-state index in [-0.39, 0.29) is 24.8 Å². The van der Waals surface area contributed by atoms with Crippen molar-refractivity contribution in [3.8, 4) is 0 Å². The molecule has 7 nitrogen and oxygen atoms in total. The average molecular weight is 351 g/mol. The monoisotopic (exact) mass is 351 g/mol. The van der Waals surface area contributed by atoms with Crippen LogP contribution in [0, 0.1) is 13.8 Å². The minimum absolute atomic E-state index is 0.115. The molecule has 0 saturated heterocycles. The normalized spacial score (nSPS) is 12.1. The predicted octanol–water partition coefficient (Wildman–Crippen LogP) is 1.84. The maximum atomic E-state index is 12.8. The Morgan fingerprint density at radius 2 is 1.88 bits per heavy atom. The number of nitrogens with zero attached hydrogens (tertiary/aromatic N) is 1. The zero-order chi connectivity index (χ0) is 19.1. The van der Waals surface area contributed by atoms with Crippen LogP contribution in [0.25, 0.3) is 0 Å². The summed E-state index contributed by atoms with van der Waals surface area (Å²) >= 11 is 0. The fraction of sp³-hybridized carbons (Fsp3) is 0.611. The summed E-state index contributed by atoms with van der Waals surface area (Å²) in [4.78, 5) is 41.4. The van der Waals surface area contributed by atoms with Crippen molar-refractivity contribution in [2.75, 3.05) is 26.7 Å². The number of ether oxygens (including phenoxy) is 1. The van der Waals surface area contributed by atoms with Gasteiger partial charge in [0.25, 0.3) is 0 Å². The van der Waals surface area contributed by atoms with E-state index in [0.29, 0.717) is 29.1 Å². The highest BCUT2D eigenvalue weighted by Crippen LogP contribution is 2.21. The summed E-state index contributed by atoms with van der Waals surface area (Å²) in [6, 6.07) is -0.501. The Kier molecular flexibility index (Phi) is 7.83. The van der Waals surface area contributed by atoms with Crippen molar-refractivity contribution in [3.05, 3.63) is 22.5 Å². The molecule has 1 atom stereocenters. The second-order valence-electron chi connectivity index (χ2n) is 6.15. The molecule has 1 amide bonds. The molecular weight excluding hydrogens is 322 g/mol. The van der Waals surface area contributed by atoms with E-state index in [1.807, 2.05) is 6.92 Å². The van der Waals surface area contributed by atoms with Crippen LogP contribution in [-0.4, -0.2) is 60.3 Å². The number of likely N-dealkylation sites (N-methyl/N-ethyl adjacent to an activating group) is 1. The molecule has 0 radical (unpaired) electrons. The summed E-state index contributed by atoms with van der Waals surface area (Å²) in [6.07, 6.45) is 0.863. The number of Topliss-reactive ketones (excluding diaryl/α,β-unsaturated/α-hetero) is 1. The van der Waals surface area contributed by atoms with Gasteiger partial charge < -0.3 is 15.0 Å². The second-order valence-corrected chi connectivity index (χ2v) is 6.15. The summed E-state index contributed by atoms with van der Waals surface area (Å²) in [6.45, 7) is 9.96. The van der Waals surface area contributed by atoms with Gasteiger partial charge in [0.05, 0.1) is 30.5 Å². The zero-order valence-electron chi connectivity index (χ0n) is 16.0. The first-order valence-electron chi connectivity index (χ1n) is 8.61. The van der Waals surface area contributed by atoms with Crippen LogP contribution in [-0.2, 0) is 9.53 Å². The van der Waals surface area contributed by atoms with Gasteiger partial charge in [-0.1, -0.05) is 6.92 Å². The summed E-state index contributed by atoms with van der Waals surface area (Å²) in [7, 11) is 1.73. The van der Waals surface area contributed by atoms with Crippen LogP contribution in [0.15, 0.2) is 0 Å². The third-order valence-electron chi connectivity index (χ3n) is 4.17. The lowest BCUT2D eigenvalue weighted by Crippen LogP contribution is -2.43. The minimum atomic E-state index is -0.501. The maximum Gasteiger partial charge on any atom is 0.340 e. The zero-order valence-corrected chi connectivity index (χ0v) is 16.0. The number of nitrogens with one attached hydrogen (secondary N) is 2. The molecule has 2 N–H and O–H groups in total.